The molecule has 0 aliphatic carbocycles. The molecule has 0 aliphatic heterocycles. The first kappa shape index (κ1) is 11.6. The van der Waals surface area contributed by atoms with Crippen LogP contribution in [0.5, 0.6) is 0 Å². The number of hydrogen-bond acceptors (Lipinski definition) is 3. The summed E-state index contributed by atoms with van der Waals surface area (Å²) >= 11 is 0. The van der Waals surface area contributed by atoms with Crippen LogP contribution in [0.2, 0.25) is 0 Å². The van der Waals surface area contributed by atoms with Gasteiger partial charge in [-0.2, -0.15) is 0 Å². The van der Waals surface area contributed by atoms with E-state index < -0.39 is 0 Å². The van der Waals surface area contributed by atoms with Gasteiger partial charge in [-0.3, -0.25) is 4.79 Å². The number of amides is 1. The maximum absolute atomic E-state index is 11.4. The van der Waals surface area contributed by atoms with Crippen molar-refractivity contribution < 1.29 is 4.79 Å². The Hall–Kier alpha value is -1.45. The summed E-state index contributed by atoms with van der Waals surface area (Å²) < 4.78 is 0. The third kappa shape index (κ3) is 4.06. The molecular formula is C11H17N3O. The zero-order valence-electron chi connectivity index (χ0n) is 9.45. The van der Waals surface area contributed by atoms with Gasteiger partial charge in [0.2, 0.25) is 5.91 Å². The van der Waals surface area contributed by atoms with Crippen molar-refractivity contribution in [3.05, 3.63) is 18.2 Å². The van der Waals surface area contributed by atoms with Crippen molar-refractivity contribution in [1.82, 2.24) is 9.97 Å². The normalized spacial score (nSPS) is 10.4. The number of rotatable bonds is 4. The zero-order chi connectivity index (χ0) is 11.3. The highest BCUT2D eigenvalue weighted by molar-refractivity contribution is 5.90. The average molecular weight is 207 g/mol. The molecule has 0 aromatic carbocycles. The maximum atomic E-state index is 11.4. The minimum atomic E-state index is 0.0119. The van der Waals surface area contributed by atoms with Gasteiger partial charge in [0.05, 0.1) is 18.1 Å². The molecule has 1 heterocycles. The molecule has 0 saturated carbocycles. The van der Waals surface area contributed by atoms with E-state index in [2.05, 4.69) is 15.3 Å². The highest BCUT2D eigenvalue weighted by Crippen LogP contribution is 2.06. The van der Waals surface area contributed by atoms with Crippen LogP contribution in [-0.2, 0) is 11.2 Å². The largest absolute Gasteiger partial charge is 0.323 e. The maximum Gasteiger partial charge on any atom is 0.224 e. The monoisotopic (exact) mass is 207 g/mol. The molecule has 1 aromatic heterocycles. The Balaban J connectivity index is 2.53. The molecule has 0 fully saturated rings. The number of hydrogen-bond donors (Lipinski definition) is 1. The Kier molecular flexibility index (Phi) is 4.21. The molecule has 1 rings (SSSR count). The quantitative estimate of drug-likeness (QED) is 0.821. The fourth-order valence-electron chi connectivity index (χ4n) is 1.18. The zero-order valence-corrected chi connectivity index (χ0v) is 9.45. The summed E-state index contributed by atoms with van der Waals surface area (Å²) in [5.74, 6) is 1.16. The molecule has 1 aromatic rings. The average Bonchev–Trinajstić information content (AvgIpc) is 2.17. The van der Waals surface area contributed by atoms with Crippen molar-refractivity contribution in [2.75, 3.05) is 5.32 Å². The van der Waals surface area contributed by atoms with Crippen LogP contribution in [0.25, 0.3) is 0 Å². The number of carbonyl (C=O) groups excluding carboxylic acids is 1. The second-order valence-electron chi connectivity index (χ2n) is 3.89. The smallest absolute Gasteiger partial charge is 0.224 e. The summed E-state index contributed by atoms with van der Waals surface area (Å²) in [7, 11) is 0. The van der Waals surface area contributed by atoms with Gasteiger partial charge in [0.25, 0.3) is 0 Å². The summed E-state index contributed by atoms with van der Waals surface area (Å²) in [6.45, 7) is 6.01. The van der Waals surface area contributed by atoms with Gasteiger partial charge in [-0.25, -0.2) is 9.97 Å². The molecule has 1 amide bonds. The van der Waals surface area contributed by atoms with E-state index in [0.29, 0.717) is 18.0 Å². The molecule has 0 aliphatic rings. The third-order valence-corrected chi connectivity index (χ3v) is 1.90. The van der Waals surface area contributed by atoms with E-state index >= 15 is 0 Å². The van der Waals surface area contributed by atoms with Gasteiger partial charge in [0.1, 0.15) is 5.82 Å². The first-order chi connectivity index (χ1) is 7.11. The van der Waals surface area contributed by atoms with Crippen molar-refractivity contribution in [3.8, 4) is 0 Å². The summed E-state index contributed by atoms with van der Waals surface area (Å²) in [6.07, 6.45) is 4.61. The summed E-state index contributed by atoms with van der Waals surface area (Å²) in [6, 6.07) is 0. The summed E-state index contributed by atoms with van der Waals surface area (Å²) in [5, 5.41) is 2.76. The number of nitrogens with zero attached hydrogens (tertiary/aromatic N) is 2. The predicted octanol–water partition coefficient (Wildman–Crippen LogP) is 2.02. The lowest BCUT2D eigenvalue weighted by Gasteiger charge is -2.06. The lowest BCUT2D eigenvalue weighted by atomic mass is 10.1. The van der Waals surface area contributed by atoms with Gasteiger partial charge < -0.3 is 5.32 Å². The Labute approximate surface area is 90.1 Å². The van der Waals surface area contributed by atoms with E-state index in [-0.39, 0.29) is 5.91 Å². The molecule has 4 heteroatoms. The van der Waals surface area contributed by atoms with Gasteiger partial charge in [-0.1, -0.05) is 20.8 Å². The van der Waals surface area contributed by atoms with Crippen LogP contribution < -0.4 is 5.32 Å². The highest BCUT2D eigenvalue weighted by Gasteiger charge is 2.05. The molecule has 82 valence electrons. The molecule has 4 nitrogen and oxygen atoms in total. The Morgan fingerprint density at radius 1 is 1.40 bits per heavy atom. The molecule has 0 atom stereocenters. The molecule has 0 saturated heterocycles. The second kappa shape index (κ2) is 5.44. The van der Waals surface area contributed by atoms with Crippen LogP contribution >= 0.6 is 0 Å². The van der Waals surface area contributed by atoms with E-state index in [1.165, 1.54) is 0 Å². The first-order valence-electron chi connectivity index (χ1n) is 5.22. The number of carbonyl (C=O) groups is 1. The fourth-order valence-corrected chi connectivity index (χ4v) is 1.18. The third-order valence-electron chi connectivity index (χ3n) is 1.90. The van der Waals surface area contributed by atoms with Gasteiger partial charge in [-0.05, 0) is 5.92 Å². The molecule has 0 unspecified atom stereocenters. The molecule has 0 radical (unpaired) electrons. The predicted molar refractivity (Wildman–Crippen MR) is 59.5 cm³/mol. The number of aryl methyl sites for hydroxylation is 1. The minimum Gasteiger partial charge on any atom is -0.323 e. The van der Waals surface area contributed by atoms with Crippen molar-refractivity contribution in [2.24, 2.45) is 5.92 Å². The van der Waals surface area contributed by atoms with Crippen molar-refractivity contribution in [2.45, 2.75) is 33.6 Å². The molecule has 0 bridgehead atoms. The molecule has 15 heavy (non-hydrogen) atoms. The fraction of sp³-hybridized carbons (Fsp3) is 0.545. The first-order valence-corrected chi connectivity index (χ1v) is 5.22. The lowest BCUT2D eigenvalue weighted by Crippen LogP contribution is -2.14. The minimum absolute atomic E-state index is 0.0119. The standard InChI is InChI=1S/C11H17N3O/c1-4-10-12-6-9(7-13-10)14-11(15)5-8(2)3/h6-8H,4-5H2,1-3H3,(H,14,15). The van der Waals surface area contributed by atoms with Crippen molar-refractivity contribution >= 4 is 11.6 Å². The van der Waals surface area contributed by atoms with Crippen molar-refractivity contribution in [3.63, 3.8) is 0 Å². The molecule has 0 spiro atoms. The molecule has 1 N–H and O–H groups in total. The van der Waals surface area contributed by atoms with Crippen molar-refractivity contribution in [1.29, 1.82) is 0 Å². The van der Waals surface area contributed by atoms with Crippen LogP contribution in [0.1, 0.15) is 33.0 Å². The number of aromatic nitrogens is 2. The van der Waals surface area contributed by atoms with Crippen LogP contribution in [0, 0.1) is 5.92 Å². The Morgan fingerprint density at radius 3 is 2.47 bits per heavy atom. The highest BCUT2D eigenvalue weighted by atomic mass is 16.1. The second-order valence-corrected chi connectivity index (χ2v) is 3.89. The van der Waals surface area contributed by atoms with E-state index in [1.54, 1.807) is 12.4 Å². The van der Waals surface area contributed by atoms with Gasteiger partial charge in [0, 0.05) is 12.8 Å². The Morgan fingerprint density at radius 2 is 2.00 bits per heavy atom. The Bertz CT molecular complexity index is 319. The summed E-state index contributed by atoms with van der Waals surface area (Å²) in [4.78, 5) is 19.6. The van der Waals surface area contributed by atoms with E-state index in [4.69, 9.17) is 0 Å². The molecular weight excluding hydrogens is 190 g/mol. The SMILES string of the molecule is CCc1ncc(NC(=O)CC(C)C)cn1. The van der Waals surface area contributed by atoms with E-state index in [9.17, 15) is 4.79 Å². The van der Waals surface area contributed by atoms with Gasteiger partial charge in [-0.15, -0.1) is 0 Å². The van der Waals surface area contributed by atoms with Gasteiger partial charge >= 0.3 is 0 Å². The van der Waals surface area contributed by atoms with Crippen LogP contribution in [0.4, 0.5) is 5.69 Å². The topological polar surface area (TPSA) is 54.9 Å². The van der Waals surface area contributed by atoms with Crippen LogP contribution in [0.15, 0.2) is 12.4 Å². The van der Waals surface area contributed by atoms with Crippen LogP contribution in [0.3, 0.4) is 0 Å². The number of anilines is 1. The van der Waals surface area contributed by atoms with Gasteiger partial charge in [0.15, 0.2) is 0 Å². The number of nitrogens with one attached hydrogen (secondary N) is 1. The van der Waals surface area contributed by atoms with Crippen LogP contribution in [-0.4, -0.2) is 15.9 Å². The van der Waals surface area contributed by atoms with E-state index in [0.717, 1.165) is 12.2 Å². The van der Waals surface area contributed by atoms with E-state index in [1.807, 2.05) is 20.8 Å². The summed E-state index contributed by atoms with van der Waals surface area (Å²) in [5.41, 5.74) is 0.665. The lowest BCUT2D eigenvalue weighted by molar-refractivity contribution is -0.116.